The van der Waals surface area contributed by atoms with Crippen LogP contribution in [0.15, 0.2) is 29.8 Å². The van der Waals surface area contributed by atoms with E-state index in [0.29, 0.717) is 6.54 Å². The largest absolute Gasteiger partial charge is 0.465 e. The van der Waals surface area contributed by atoms with Crippen molar-refractivity contribution in [2.24, 2.45) is 0 Å². The van der Waals surface area contributed by atoms with Gasteiger partial charge in [0, 0.05) is 6.54 Å². The number of nitrogens with one attached hydrogen (secondary N) is 1. The molecule has 0 aromatic heterocycles. The van der Waals surface area contributed by atoms with E-state index in [1.54, 1.807) is 6.07 Å². The Labute approximate surface area is 125 Å². The van der Waals surface area contributed by atoms with Gasteiger partial charge in [0.05, 0.1) is 12.7 Å². The average Bonchev–Trinajstić information content (AvgIpc) is 2.52. The Morgan fingerprint density at radius 2 is 2.24 bits per heavy atom. The Balaban J connectivity index is 1.79. The molecule has 0 heterocycles. The third-order valence-corrected chi connectivity index (χ3v) is 3.78. The van der Waals surface area contributed by atoms with Gasteiger partial charge in [-0.15, -0.1) is 0 Å². The normalized spacial score (nSPS) is 14.7. The molecule has 1 aromatic rings. The van der Waals surface area contributed by atoms with Gasteiger partial charge in [0.25, 0.3) is 0 Å². The van der Waals surface area contributed by atoms with E-state index in [2.05, 4.69) is 16.1 Å². The molecule has 4 heteroatoms. The highest BCUT2D eigenvalue weighted by Crippen LogP contribution is 2.19. The highest BCUT2D eigenvalue weighted by atomic mass is 19.1. The fourth-order valence-electron chi connectivity index (χ4n) is 2.56. The molecule has 0 saturated heterocycles. The van der Waals surface area contributed by atoms with E-state index in [1.165, 1.54) is 50.5 Å². The number of rotatable bonds is 6. The molecule has 0 bridgehead atoms. The fourth-order valence-corrected chi connectivity index (χ4v) is 2.56. The summed E-state index contributed by atoms with van der Waals surface area (Å²) in [6.07, 6.45) is 8.42. The van der Waals surface area contributed by atoms with Crippen LogP contribution in [0, 0.1) is 5.82 Å². The SMILES string of the molecule is COC(=O)c1ccc(CNCCC2=CCCCC2)cc1F. The third-order valence-electron chi connectivity index (χ3n) is 3.78. The van der Waals surface area contributed by atoms with E-state index < -0.39 is 11.8 Å². The minimum absolute atomic E-state index is 0.0198. The zero-order chi connectivity index (χ0) is 15.1. The molecule has 0 atom stereocenters. The maximum atomic E-state index is 13.7. The topological polar surface area (TPSA) is 38.3 Å². The van der Waals surface area contributed by atoms with Crippen LogP contribution in [0.5, 0.6) is 0 Å². The Hall–Kier alpha value is -1.68. The molecule has 0 amide bonds. The van der Waals surface area contributed by atoms with E-state index in [1.807, 2.05) is 0 Å². The molecule has 0 unspecified atom stereocenters. The van der Waals surface area contributed by atoms with Crippen molar-refractivity contribution in [3.05, 3.63) is 46.8 Å². The lowest BCUT2D eigenvalue weighted by Crippen LogP contribution is -2.16. The van der Waals surface area contributed by atoms with Gasteiger partial charge < -0.3 is 10.1 Å². The van der Waals surface area contributed by atoms with Crippen molar-refractivity contribution in [3.8, 4) is 0 Å². The van der Waals surface area contributed by atoms with Crippen LogP contribution in [0.4, 0.5) is 4.39 Å². The zero-order valence-electron chi connectivity index (χ0n) is 12.5. The van der Waals surface area contributed by atoms with Gasteiger partial charge in [-0.2, -0.15) is 0 Å². The molecular weight excluding hydrogens is 269 g/mol. The Kier molecular flexibility index (Phi) is 5.93. The lowest BCUT2D eigenvalue weighted by Gasteiger charge is -2.13. The Bertz CT molecular complexity index is 526. The standard InChI is InChI=1S/C17H22FNO2/c1-21-17(20)15-8-7-14(11-16(15)18)12-19-10-9-13-5-3-2-4-6-13/h5,7-8,11,19H,2-4,6,9-10,12H2,1H3. The summed E-state index contributed by atoms with van der Waals surface area (Å²) < 4.78 is 18.3. The molecular formula is C17H22FNO2. The maximum absolute atomic E-state index is 13.7. The summed E-state index contributed by atoms with van der Waals surface area (Å²) in [6, 6.07) is 4.61. The molecule has 1 aromatic carbocycles. The Morgan fingerprint density at radius 1 is 1.38 bits per heavy atom. The smallest absolute Gasteiger partial charge is 0.340 e. The van der Waals surface area contributed by atoms with E-state index >= 15 is 0 Å². The zero-order valence-corrected chi connectivity index (χ0v) is 12.5. The molecule has 3 nitrogen and oxygen atoms in total. The van der Waals surface area contributed by atoms with Gasteiger partial charge in [-0.05, 0) is 56.3 Å². The number of carbonyl (C=O) groups is 1. The number of benzene rings is 1. The summed E-state index contributed by atoms with van der Waals surface area (Å²) in [4.78, 5) is 11.3. The molecule has 21 heavy (non-hydrogen) atoms. The van der Waals surface area contributed by atoms with E-state index in [-0.39, 0.29) is 5.56 Å². The monoisotopic (exact) mass is 291 g/mol. The summed E-state index contributed by atoms with van der Waals surface area (Å²) in [5.74, 6) is -1.17. The molecule has 1 aliphatic rings. The van der Waals surface area contributed by atoms with E-state index in [4.69, 9.17) is 0 Å². The van der Waals surface area contributed by atoms with Crippen molar-refractivity contribution < 1.29 is 13.9 Å². The minimum Gasteiger partial charge on any atom is -0.465 e. The lowest BCUT2D eigenvalue weighted by atomic mass is 9.97. The van der Waals surface area contributed by atoms with Crippen molar-refractivity contribution in [2.75, 3.05) is 13.7 Å². The number of esters is 1. The van der Waals surface area contributed by atoms with E-state index in [9.17, 15) is 9.18 Å². The Morgan fingerprint density at radius 3 is 2.90 bits per heavy atom. The molecule has 0 saturated carbocycles. The van der Waals surface area contributed by atoms with Crippen LogP contribution in [-0.2, 0) is 11.3 Å². The van der Waals surface area contributed by atoms with Crippen LogP contribution < -0.4 is 5.32 Å². The summed E-state index contributed by atoms with van der Waals surface area (Å²) in [6.45, 7) is 1.50. The molecule has 1 aliphatic carbocycles. The predicted molar refractivity (Wildman–Crippen MR) is 80.6 cm³/mol. The second-order valence-corrected chi connectivity index (χ2v) is 5.34. The molecule has 0 radical (unpaired) electrons. The van der Waals surface area contributed by atoms with Crippen molar-refractivity contribution in [3.63, 3.8) is 0 Å². The average molecular weight is 291 g/mol. The van der Waals surface area contributed by atoms with Crippen molar-refractivity contribution >= 4 is 5.97 Å². The number of hydrogen-bond acceptors (Lipinski definition) is 3. The van der Waals surface area contributed by atoms with E-state index in [0.717, 1.165) is 18.5 Å². The number of ether oxygens (including phenoxy) is 1. The quantitative estimate of drug-likeness (QED) is 0.494. The first-order valence-electron chi connectivity index (χ1n) is 7.46. The first kappa shape index (κ1) is 15.7. The fraction of sp³-hybridized carbons (Fsp3) is 0.471. The lowest BCUT2D eigenvalue weighted by molar-refractivity contribution is 0.0595. The number of halogens is 1. The number of hydrogen-bond donors (Lipinski definition) is 1. The van der Waals surface area contributed by atoms with Gasteiger partial charge in [-0.1, -0.05) is 17.7 Å². The third kappa shape index (κ3) is 4.67. The molecule has 2 rings (SSSR count). The van der Waals surface area contributed by atoms with Crippen LogP contribution in [0.1, 0.15) is 48.0 Å². The first-order valence-corrected chi connectivity index (χ1v) is 7.46. The van der Waals surface area contributed by atoms with Gasteiger partial charge in [0.2, 0.25) is 0 Å². The summed E-state index contributed by atoms with van der Waals surface area (Å²) in [7, 11) is 1.25. The highest BCUT2D eigenvalue weighted by molar-refractivity contribution is 5.89. The maximum Gasteiger partial charge on any atom is 0.340 e. The van der Waals surface area contributed by atoms with Crippen LogP contribution >= 0.6 is 0 Å². The minimum atomic E-state index is -0.642. The second-order valence-electron chi connectivity index (χ2n) is 5.34. The van der Waals surface area contributed by atoms with Gasteiger partial charge in [0.15, 0.2) is 0 Å². The van der Waals surface area contributed by atoms with Crippen LogP contribution in [0.25, 0.3) is 0 Å². The molecule has 1 N–H and O–H groups in total. The van der Waals surface area contributed by atoms with Gasteiger partial charge in [-0.25, -0.2) is 9.18 Å². The van der Waals surface area contributed by atoms with Crippen LogP contribution in [-0.4, -0.2) is 19.6 Å². The summed E-state index contributed by atoms with van der Waals surface area (Å²) in [5, 5.41) is 3.32. The number of allylic oxidation sites excluding steroid dienone is 1. The molecule has 0 aliphatic heterocycles. The number of carbonyl (C=O) groups excluding carboxylic acids is 1. The molecule has 0 fully saturated rings. The van der Waals surface area contributed by atoms with Crippen molar-refractivity contribution in [2.45, 2.75) is 38.6 Å². The van der Waals surface area contributed by atoms with Crippen molar-refractivity contribution in [1.29, 1.82) is 0 Å². The highest BCUT2D eigenvalue weighted by Gasteiger charge is 2.12. The summed E-state index contributed by atoms with van der Waals surface area (Å²) >= 11 is 0. The first-order chi connectivity index (χ1) is 10.2. The van der Waals surface area contributed by atoms with Gasteiger partial charge in [0.1, 0.15) is 5.82 Å². The van der Waals surface area contributed by atoms with Crippen LogP contribution in [0.3, 0.4) is 0 Å². The summed E-state index contributed by atoms with van der Waals surface area (Å²) in [5.41, 5.74) is 2.34. The van der Waals surface area contributed by atoms with Gasteiger partial charge in [-0.3, -0.25) is 0 Å². The molecule has 114 valence electrons. The second kappa shape index (κ2) is 7.93. The van der Waals surface area contributed by atoms with Gasteiger partial charge >= 0.3 is 5.97 Å². The number of methoxy groups -OCH3 is 1. The van der Waals surface area contributed by atoms with Crippen LogP contribution in [0.2, 0.25) is 0 Å². The molecule has 0 spiro atoms. The predicted octanol–water partition coefficient (Wildman–Crippen LogP) is 3.59. The van der Waals surface area contributed by atoms with Crippen molar-refractivity contribution in [1.82, 2.24) is 5.32 Å².